The summed E-state index contributed by atoms with van der Waals surface area (Å²) in [5.41, 5.74) is -1.27. The van der Waals surface area contributed by atoms with Gasteiger partial charge in [0.25, 0.3) is 0 Å². The number of nitriles is 1. The third-order valence-corrected chi connectivity index (χ3v) is 2.84. The number of urea groups is 1. The van der Waals surface area contributed by atoms with Crippen molar-refractivity contribution in [1.82, 2.24) is 9.80 Å². The lowest BCUT2D eigenvalue weighted by molar-refractivity contribution is -0.147. The number of carbonyl (C=O) groups excluding carboxylic acids is 1. The molecular formula is C12H21N3O3. The molecule has 0 saturated carbocycles. The number of carboxylic acids is 1. The Morgan fingerprint density at radius 3 is 2.28 bits per heavy atom. The summed E-state index contributed by atoms with van der Waals surface area (Å²) in [7, 11) is 1.57. The van der Waals surface area contributed by atoms with Gasteiger partial charge < -0.3 is 14.9 Å². The highest BCUT2D eigenvalue weighted by atomic mass is 16.4. The zero-order valence-corrected chi connectivity index (χ0v) is 11.6. The Balaban J connectivity index is 4.94. The number of rotatable bonds is 5. The van der Waals surface area contributed by atoms with Crippen LogP contribution in [0.3, 0.4) is 0 Å². The maximum atomic E-state index is 12.2. The quantitative estimate of drug-likeness (QED) is 0.804. The minimum absolute atomic E-state index is 0.279. The van der Waals surface area contributed by atoms with E-state index in [1.165, 1.54) is 23.6 Å². The first-order valence-corrected chi connectivity index (χ1v) is 5.84. The molecule has 1 unspecified atom stereocenters. The van der Waals surface area contributed by atoms with E-state index in [9.17, 15) is 9.59 Å². The van der Waals surface area contributed by atoms with Gasteiger partial charge in [0.2, 0.25) is 0 Å². The molecule has 1 N–H and O–H groups in total. The molecular weight excluding hydrogens is 234 g/mol. The van der Waals surface area contributed by atoms with Gasteiger partial charge in [-0.3, -0.25) is 0 Å². The fourth-order valence-electron chi connectivity index (χ4n) is 1.62. The first-order chi connectivity index (χ1) is 8.18. The average Bonchev–Trinajstić information content (AvgIpc) is 2.28. The first-order valence-electron chi connectivity index (χ1n) is 5.84. The normalized spacial score (nSPS) is 12.4. The topological polar surface area (TPSA) is 84.6 Å². The summed E-state index contributed by atoms with van der Waals surface area (Å²) in [5.74, 6) is -1.34. The van der Waals surface area contributed by atoms with Crippen LogP contribution >= 0.6 is 0 Å². The van der Waals surface area contributed by atoms with Crippen molar-refractivity contribution in [3.05, 3.63) is 0 Å². The van der Waals surface area contributed by atoms with Gasteiger partial charge in [0.1, 0.15) is 5.54 Å². The summed E-state index contributed by atoms with van der Waals surface area (Å²) < 4.78 is 0. The number of hydrogen-bond donors (Lipinski definition) is 1. The first kappa shape index (κ1) is 16.2. The van der Waals surface area contributed by atoms with Gasteiger partial charge in [0, 0.05) is 20.1 Å². The van der Waals surface area contributed by atoms with Crippen LogP contribution < -0.4 is 0 Å². The fraction of sp³-hybridized carbons (Fsp3) is 0.750. The van der Waals surface area contributed by atoms with Gasteiger partial charge in [0.05, 0.1) is 12.0 Å². The lowest BCUT2D eigenvalue weighted by Crippen LogP contribution is -2.56. The van der Waals surface area contributed by atoms with Crippen LogP contribution in [-0.2, 0) is 4.79 Å². The predicted octanol–water partition coefficient (Wildman–Crippen LogP) is 1.38. The minimum atomic E-state index is -1.27. The molecule has 1 atom stereocenters. The van der Waals surface area contributed by atoms with E-state index in [0.29, 0.717) is 6.54 Å². The molecule has 0 aliphatic carbocycles. The van der Waals surface area contributed by atoms with E-state index < -0.39 is 11.5 Å². The summed E-state index contributed by atoms with van der Waals surface area (Å²) in [6, 6.07) is 1.66. The van der Waals surface area contributed by atoms with E-state index in [2.05, 4.69) is 0 Å². The van der Waals surface area contributed by atoms with Crippen molar-refractivity contribution in [3.8, 4) is 6.07 Å². The summed E-state index contributed by atoms with van der Waals surface area (Å²) in [4.78, 5) is 26.0. The highest BCUT2D eigenvalue weighted by Gasteiger charge is 2.38. The maximum absolute atomic E-state index is 12.2. The van der Waals surface area contributed by atoms with Gasteiger partial charge in [-0.05, 0) is 27.7 Å². The van der Waals surface area contributed by atoms with Crippen molar-refractivity contribution in [3.63, 3.8) is 0 Å². The second-order valence-corrected chi connectivity index (χ2v) is 4.80. The molecule has 102 valence electrons. The second kappa shape index (κ2) is 6.24. The van der Waals surface area contributed by atoms with Crippen LogP contribution in [0, 0.1) is 17.2 Å². The van der Waals surface area contributed by atoms with Crippen LogP contribution in [0.5, 0.6) is 0 Å². The van der Waals surface area contributed by atoms with E-state index in [1.807, 2.05) is 6.07 Å². The van der Waals surface area contributed by atoms with E-state index in [4.69, 9.17) is 10.4 Å². The van der Waals surface area contributed by atoms with Gasteiger partial charge in [-0.25, -0.2) is 9.59 Å². The molecule has 0 aliphatic rings. The maximum Gasteiger partial charge on any atom is 0.329 e. The van der Waals surface area contributed by atoms with Crippen molar-refractivity contribution < 1.29 is 14.7 Å². The van der Waals surface area contributed by atoms with Crippen LogP contribution in [0.15, 0.2) is 0 Å². The molecule has 0 aromatic carbocycles. The van der Waals surface area contributed by atoms with Crippen LogP contribution in [0.4, 0.5) is 4.79 Å². The van der Waals surface area contributed by atoms with Gasteiger partial charge in [-0.15, -0.1) is 0 Å². The number of hydrogen-bond acceptors (Lipinski definition) is 3. The Hall–Kier alpha value is -1.77. The van der Waals surface area contributed by atoms with Crippen molar-refractivity contribution in [2.45, 2.75) is 33.2 Å². The highest BCUT2D eigenvalue weighted by Crippen LogP contribution is 2.16. The summed E-state index contributed by atoms with van der Waals surface area (Å²) in [6.45, 7) is 6.98. The van der Waals surface area contributed by atoms with Crippen LogP contribution in [0.2, 0.25) is 0 Å². The molecule has 0 saturated heterocycles. The van der Waals surface area contributed by atoms with Gasteiger partial charge in [-0.2, -0.15) is 5.26 Å². The number of amides is 2. The lowest BCUT2D eigenvalue weighted by Gasteiger charge is -2.37. The second-order valence-electron chi connectivity index (χ2n) is 4.80. The molecule has 0 bridgehead atoms. The number of carbonyl (C=O) groups is 2. The molecule has 0 radical (unpaired) electrons. The Morgan fingerprint density at radius 2 is 1.94 bits per heavy atom. The van der Waals surface area contributed by atoms with Crippen molar-refractivity contribution in [2.75, 3.05) is 20.1 Å². The molecule has 0 rings (SSSR count). The fourth-order valence-corrected chi connectivity index (χ4v) is 1.62. The van der Waals surface area contributed by atoms with Crippen LogP contribution in [0.25, 0.3) is 0 Å². The summed E-state index contributed by atoms with van der Waals surface area (Å²) >= 11 is 0. The van der Waals surface area contributed by atoms with E-state index in [1.54, 1.807) is 20.9 Å². The zero-order valence-electron chi connectivity index (χ0n) is 11.6. The van der Waals surface area contributed by atoms with Crippen molar-refractivity contribution in [2.24, 2.45) is 5.92 Å². The molecule has 6 heteroatoms. The summed E-state index contributed by atoms with van der Waals surface area (Å²) in [5, 5.41) is 17.9. The van der Waals surface area contributed by atoms with Crippen molar-refractivity contribution >= 4 is 12.0 Å². The van der Waals surface area contributed by atoms with E-state index in [0.717, 1.165) is 0 Å². The summed E-state index contributed by atoms with van der Waals surface area (Å²) in [6.07, 6.45) is 0. The highest BCUT2D eigenvalue weighted by molar-refractivity contribution is 5.85. The Kier molecular flexibility index (Phi) is 5.63. The van der Waals surface area contributed by atoms with Crippen molar-refractivity contribution in [1.29, 1.82) is 5.26 Å². The molecule has 0 aromatic rings. The molecule has 2 amide bonds. The third-order valence-electron chi connectivity index (χ3n) is 2.84. The average molecular weight is 255 g/mol. The van der Waals surface area contributed by atoms with Gasteiger partial charge in [0.15, 0.2) is 0 Å². The molecule has 6 nitrogen and oxygen atoms in total. The third kappa shape index (κ3) is 3.62. The minimum Gasteiger partial charge on any atom is -0.480 e. The molecule has 0 heterocycles. The molecule has 18 heavy (non-hydrogen) atoms. The molecule has 0 aromatic heterocycles. The van der Waals surface area contributed by atoms with E-state index >= 15 is 0 Å². The van der Waals surface area contributed by atoms with E-state index in [-0.39, 0.29) is 18.5 Å². The largest absolute Gasteiger partial charge is 0.480 e. The Morgan fingerprint density at radius 1 is 1.44 bits per heavy atom. The molecule has 0 spiro atoms. The Labute approximate surface area is 108 Å². The molecule has 0 aliphatic heterocycles. The zero-order chi connectivity index (χ0) is 14.5. The Bertz CT molecular complexity index is 360. The number of aliphatic carboxylic acids is 1. The lowest BCUT2D eigenvalue weighted by atomic mass is 10.0. The number of nitrogens with zero attached hydrogens (tertiary/aromatic N) is 3. The number of carboxylic acid groups (broad SMARTS) is 1. The van der Waals surface area contributed by atoms with Crippen LogP contribution in [-0.4, -0.2) is 52.6 Å². The van der Waals surface area contributed by atoms with Crippen LogP contribution in [0.1, 0.15) is 27.7 Å². The predicted molar refractivity (Wildman–Crippen MR) is 66.9 cm³/mol. The molecule has 0 fully saturated rings. The monoisotopic (exact) mass is 255 g/mol. The SMILES string of the molecule is CCN(C(=O)N(C)CC(C)C#N)C(C)(C)C(=O)O. The standard InChI is InChI=1S/C12H21N3O3/c1-6-15(12(3,4)10(16)17)11(18)14(5)8-9(2)7-13/h9H,6,8H2,1-5H3,(H,16,17). The van der Waals surface area contributed by atoms with Gasteiger partial charge >= 0.3 is 12.0 Å². The smallest absolute Gasteiger partial charge is 0.329 e. The number of likely N-dealkylation sites (N-methyl/N-ethyl adjacent to an activating group) is 1. The van der Waals surface area contributed by atoms with Gasteiger partial charge in [-0.1, -0.05) is 0 Å².